The number of fused-ring (bicyclic) bond motifs is 3. The van der Waals surface area contributed by atoms with Gasteiger partial charge in [-0.25, -0.2) is 0 Å². The lowest BCUT2D eigenvalue weighted by Crippen LogP contribution is -2.37. The van der Waals surface area contributed by atoms with Gasteiger partial charge in [-0.15, -0.1) is 0 Å². The first-order valence-corrected chi connectivity index (χ1v) is 8.18. The summed E-state index contributed by atoms with van der Waals surface area (Å²) in [5, 5.41) is 2.38. The molecule has 2 heterocycles. The van der Waals surface area contributed by atoms with Gasteiger partial charge in [0.1, 0.15) is 5.52 Å². The lowest BCUT2D eigenvalue weighted by atomic mass is 10.1. The molecular weight excluding hydrogens is 352 g/mol. The molecule has 4 heteroatoms. The molecule has 4 aromatic rings. The first-order valence-electron chi connectivity index (χ1n) is 7.39. The SMILES string of the molecule is O=C(C[n+]1ccc2c(c1)[nH]c1ccccc12)c1ccc(Br)cc1. The quantitative estimate of drug-likeness (QED) is 0.427. The van der Waals surface area contributed by atoms with Gasteiger partial charge in [0.2, 0.25) is 12.3 Å². The number of halogens is 1. The molecule has 4 rings (SSSR count). The van der Waals surface area contributed by atoms with Crippen LogP contribution < -0.4 is 4.57 Å². The molecule has 0 spiro atoms. The topological polar surface area (TPSA) is 36.7 Å². The molecule has 0 saturated carbocycles. The highest BCUT2D eigenvalue weighted by molar-refractivity contribution is 9.10. The minimum Gasteiger partial charge on any atom is -0.350 e. The summed E-state index contributed by atoms with van der Waals surface area (Å²) in [6, 6.07) is 17.7. The summed E-state index contributed by atoms with van der Waals surface area (Å²) in [4.78, 5) is 15.8. The minimum atomic E-state index is 0.0953. The normalized spacial score (nSPS) is 11.2. The van der Waals surface area contributed by atoms with E-state index in [4.69, 9.17) is 0 Å². The molecule has 0 fully saturated rings. The van der Waals surface area contributed by atoms with Gasteiger partial charge in [0.15, 0.2) is 12.4 Å². The van der Waals surface area contributed by atoms with Crippen molar-refractivity contribution < 1.29 is 9.36 Å². The fraction of sp³-hybridized carbons (Fsp3) is 0.0526. The number of nitrogens with one attached hydrogen (secondary N) is 1. The summed E-state index contributed by atoms with van der Waals surface area (Å²) in [6.45, 7) is 0.326. The van der Waals surface area contributed by atoms with Crippen LogP contribution in [0.4, 0.5) is 0 Å². The van der Waals surface area contributed by atoms with Crippen molar-refractivity contribution in [3.05, 3.63) is 77.0 Å². The molecule has 0 aliphatic carbocycles. The van der Waals surface area contributed by atoms with Crippen LogP contribution in [0.2, 0.25) is 0 Å². The highest BCUT2D eigenvalue weighted by Crippen LogP contribution is 2.23. The van der Waals surface area contributed by atoms with Crippen molar-refractivity contribution in [3.63, 3.8) is 0 Å². The van der Waals surface area contributed by atoms with Crippen LogP contribution in [0.25, 0.3) is 21.8 Å². The number of hydrogen-bond acceptors (Lipinski definition) is 1. The molecule has 0 unspecified atom stereocenters. The average Bonchev–Trinajstić information content (AvgIpc) is 2.93. The van der Waals surface area contributed by atoms with Crippen molar-refractivity contribution in [2.24, 2.45) is 0 Å². The van der Waals surface area contributed by atoms with Crippen LogP contribution in [-0.2, 0) is 6.54 Å². The number of aromatic nitrogens is 2. The van der Waals surface area contributed by atoms with Gasteiger partial charge in [-0.05, 0) is 18.2 Å². The number of carbonyl (C=O) groups is 1. The smallest absolute Gasteiger partial charge is 0.227 e. The second-order valence-electron chi connectivity index (χ2n) is 5.55. The number of H-pyrrole nitrogens is 1. The van der Waals surface area contributed by atoms with E-state index in [1.807, 2.05) is 53.4 Å². The maximum atomic E-state index is 12.4. The number of hydrogen-bond donors (Lipinski definition) is 1. The predicted octanol–water partition coefficient (Wildman–Crippen LogP) is 4.25. The van der Waals surface area contributed by atoms with E-state index in [0.29, 0.717) is 6.54 Å². The van der Waals surface area contributed by atoms with Crippen LogP contribution >= 0.6 is 15.9 Å². The minimum absolute atomic E-state index is 0.0953. The number of aromatic amines is 1. The van der Waals surface area contributed by atoms with E-state index in [-0.39, 0.29) is 5.78 Å². The molecule has 0 aliphatic heterocycles. The largest absolute Gasteiger partial charge is 0.350 e. The van der Waals surface area contributed by atoms with Crippen LogP contribution in [-0.4, -0.2) is 10.8 Å². The number of benzene rings is 2. The maximum Gasteiger partial charge on any atom is 0.227 e. The molecule has 0 bridgehead atoms. The molecule has 0 radical (unpaired) electrons. The maximum absolute atomic E-state index is 12.4. The van der Waals surface area contributed by atoms with Gasteiger partial charge in [-0.3, -0.25) is 4.79 Å². The van der Waals surface area contributed by atoms with E-state index in [0.717, 1.165) is 21.1 Å². The fourth-order valence-electron chi connectivity index (χ4n) is 2.84. The fourth-order valence-corrected chi connectivity index (χ4v) is 3.10. The Morgan fingerprint density at radius 3 is 2.52 bits per heavy atom. The van der Waals surface area contributed by atoms with Gasteiger partial charge >= 0.3 is 0 Å². The Morgan fingerprint density at radius 1 is 0.957 bits per heavy atom. The molecule has 112 valence electrons. The van der Waals surface area contributed by atoms with Crippen molar-refractivity contribution in [2.75, 3.05) is 0 Å². The first kappa shape index (κ1) is 14.2. The van der Waals surface area contributed by atoms with Crippen molar-refractivity contribution in [1.29, 1.82) is 0 Å². The number of ketones is 1. The third kappa shape index (κ3) is 2.66. The standard InChI is InChI=1S/C19H13BrN2O/c20-14-7-5-13(6-8-14)19(23)12-22-10-9-16-15-3-1-2-4-17(15)21-18(16)11-22/h1-11H,12H2/p+1. The Balaban J connectivity index is 1.67. The summed E-state index contributed by atoms with van der Waals surface area (Å²) < 4.78 is 2.89. The molecule has 23 heavy (non-hydrogen) atoms. The number of carbonyl (C=O) groups excluding carboxylic acids is 1. The number of nitrogens with zero attached hydrogens (tertiary/aromatic N) is 1. The van der Waals surface area contributed by atoms with E-state index >= 15 is 0 Å². The van der Waals surface area contributed by atoms with Crippen LogP contribution in [0.1, 0.15) is 10.4 Å². The molecular formula is C19H14BrN2O+. The monoisotopic (exact) mass is 365 g/mol. The number of para-hydroxylation sites is 1. The number of Topliss-reactive ketones (excluding diaryl/α,β-unsaturated/α-hetero) is 1. The molecule has 3 nitrogen and oxygen atoms in total. The van der Waals surface area contributed by atoms with Crippen LogP contribution in [0.5, 0.6) is 0 Å². The molecule has 0 aliphatic rings. The summed E-state index contributed by atoms with van der Waals surface area (Å²) >= 11 is 3.38. The van der Waals surface area contributed by atoms with Crippen LogP contribution in [0.3, 0.4) is 0 Å². The third-order valence-corrected chi connectivity index (χ3v) is 4.53. The Kier molecular flexibility index (Phi) is 3.46. The molecule has 0 amide bonds. The second kappa shape index (κ2) is 5.63. The van der Waals surface area contributed by atoms with Crippen molar-refractivity contribution in [1.82, 2.24) is 4.98 Å². The van der Waals surface area contributed by atoms with Gasteiger partial charge in [0.25, 0.3) is 0 Å². The highest BCUT2D eigenvalue weighted by atomic mass is 79.9. The Bertz CT molecular complexity index is 1020. The first-order chi connectivity index (χ1) is 11.2. The predicted molar refractivity (Wildman–Crippen MR) is 94.5 cm³/mol. The zero-order valence-electron chi connectivity index (χ0n) is 12.3. The van der Waals surface area contributed by atoms with Crippen molar-refractivity contribution in [3.8, 4) is 0 Å². The van der Waals surface area contributed by atoms with Gasteiger partial charge in [-0.2, -0.15) is 4.57 Å². The van der Waals surface area contributed by atoms with Crippen LogP contribution in [0, 0.1) is 0 Å². The van der Waals surface area contributed by atoms with E-state index in [1.165, 1.54) is 10.8 Å². The molecule has 0 saturated heterocycles. The summed E-state index contributed by atoms with van der Waals surface area (Å²) in [7, 11) is 0. The van der Waals surface area contributed by atoms with Crippen molar-refractivity contribution in [2.45, 2.75) is 6.54 Å². The van der Waals surface area contributed by atoms with E-state index < -0.39 is 0 Å². The highest BCUT2D eigenvalue weighted by Gasteiger charge is 2.14. The molecule has 0 atom stereocenters. The second-order valence-corrected chi connectivity index (χ2v) is 6.46. The lowest BCUT2D eigenvalue weighted by Gasteiger charge is -1.99. The number of rotatable bonds is 3. The lowest BCUT2D eigenvalue weighted by molar-refractivity contribution is -0.681. The van der Waals surface area contributed by atoms with Gasteiger partial charge < -0.3 is 4.98 Å². The van der Waals surface area contributed by atoms with E-state index in [2.05, 4.69) is 39.1 Å². The molecule has 2 aromatic heterocycles. The van der Waals surface area contributed by atoms with Gasteiger partial charge in [0, 0.05) is 32.4 Å². The van der Waals surface area contributed by atoms with Crippen LogP contribution in [0.15, 0.2) is 71.5 Å². The summed E-state index contributed by atoms with van der Waals surface area (Å²) in [5.74, 6) is 0.0953. The third-order valence-electron chi connectivity index (χ3n) is 4.00. The zero-order chi connectivity index (χ0) is 15.8. The average molecular weight is 366 g/mol. The van der Waals surface area contributed by atoms with Crippen molar-refractivity contribution >= 4 is 43.5 Å². The number of pyridine rings is 1. The molecule has 1 N–H and O–H groups in total. The Hall–Kier alpha value is -2.46. The Labute approximate surface area is 141 Å². The zero-order valence-corrected chi connectivity index (χ0v) is 13.9. The van der Waals surface area contributed by atoms with Gasteiger partial charge in [0.05, 0.1) is 0 Å². The van der Waals surface area contributed by atoms with E-state index in [1.54, 1.807) is 0 Å². The summed E-state index contributed by atoms with van der Waals surface area (Å²) in [6.07, 6.45) is 3.95. The molecule has 2 aromatic carbocycles. The Morgan fingerprint density at radius 2 is 1.70 bits per heavy atom. The van der Waals surface area contributed by atoms with Gasteiger partial charge in [-0.1, -0.05) is 46.3 Å². The van der Waals surface area contributed by atoms with E-state index in [9.17, 15) is 4.79 Å². The summed E-state index contributed by atoms with van der Waals surface area (Å²) in [5.41, 5.74) is 2.87.